The van der Waals surface area contributed by atoms with Gasteiger partial charge in [-0.25, -0.2) is 0 Å². The van der Waals surface area contributed by atoms with E-state index in [1.165, 1.54) is 11.1 Å². The van der Waals surface area contributed by atoms with Crippen LogP contribution in [0.5, 0.6) is 0 Å². The highest BCUT2D eigenvalue weighted by atomic mass is 35.5. The van der Waals surface area contributed by atoms with Crippen LogP contribution in [-0.4, -0.2) is 4.98 Å². The molecule has 0 unspecified atom stereocenters. The van der Waals surface area contributed by atoms with Crippen LogP contribution in [0, 0.1) is 6.92 Å². The van der Waals surface area contributed by atoms with Gasteiger partial charge in [-0.2, -0.15) is 0 Å². The lowest BCUT2D eigenvalue weighted by Gasteiger charge is -2.27. The van der Waals surface area contributed by atoms with Crippen LogP contribution in [0.15, 0.2) is 146 Å². The highest BCUT2D eigenvalue weighted by Gasteiger charge is 2.17. The summed E-state index contributed by atoms with van der Waals surface area (Å²) in [6.07, 6.45) is 1.82. The summed E-state index contributed by atoms with van der Waals surface area (Å²) in [6.45, 7) is 2.03. The van der Waals surface area contributed by atoms with Crippen molar-refractivity contribution in [1.29, 1.82) is 0 Å². The molecule has 0 bridgehead atoms. The van der Waals surface area contributed by atoms with Crippen LogP contribution in [0.2, 0.25) is 5.02 Å². The van der Waals surface area contributed by atoms with Gasteiger partial charge in [-0.3, -0.25) is 4.98 Å². The van der Waals surface area contributed by atoms with Crippen molar-refractivity contribution in [2.24, 2.45) is 0 Å². The molecule has 1 aromatic heterocycles. The molecule has 3 heteroatoms. The van der Waals surface area contributed by atoms with Crippen LogP contribution in [0.25, 0.3) is 33.5 Å². The van der Waals surface area contributed by atoms with E-state index in [4.69, 9.17) is 11.6 Å². The monoisotopic (exact) mass is 522 g/mol. The predicted octanol–water partition coefficient (Wildman–Crippen LogP) is 10.5. The van der Waals surface area contributed by atoms with Gasteiger partial charge in [0.2, 0.25) is 0 Å². The fourth-order valence-electron chi connectivity index (χ4n) is 4.82. The lowest BCUT2D eigenvalue weighted by atomic mass is 9.97. The minimum absolute atomic E-state index is 0.741. The van der Waals surface area contributed by atoms with Crippen molar-refractivity contribution in [2.75, 3.05) is 4.90 Å². The predicted molar refractivity (Wildman–Crippen MR) is 165 cm³/mol. The second-order valence-corrected chi connectivity index (χ2v) is 9.94. The molecule has 0 saturated heterocycles. The van der Waals surface area contributed by atoms with Gasteiger partial charge >= 0.3 is 0 Å². The molecule has 0 saturated carbocycles. The Labute approximate surface area is 234 Å². The highest BCUT2D eigenvalue weighted by Crippen LogP contribution is 2.41. The van der Waals surface area contributed by atoms with Crippen LogP contribution in [0.3, 0.4) is 0 Å². The summed E-state index contributed by atoms with van der Waals surface area (Å²) in [5.41, 5.74) is 10.8. The number of aromatic nitrogens is 1. The summed E-state index contributed by atoms with van der Waals surface area (Å²) in [4.78, 5) is 6.79. The van der Waals surface area contributed by atoms with Crippen molar-refractivity contribution in [2.45, 2.75) is 6.92 Å². The molecule has 39 heavy (non-hydrogen) atoms. The molecule has 0 aliphatic carbocycles. The number of hydrogen-bond acceptors (Lipinski definition) is 2. The third kappa shape index (κ3) is 5.34. The third-order valence-corrected chi connectivity index (χ3v) is 7.30. The van der Waals surface area contributed by atoms with E-state index in [9.17, 15) is 0 Å². The molecular weight excluding hydrogens is 496 g/mol. The Bertz CT molecular complexity index is 1640. The summed E-state index contributed by atoms with van der Waals surface area (Å²) < 4.78 is 0. The number of rotatable bonds is 6. The largest absolute Gasteiger partial charge is 0.310 e. The standard InChI is InChI=1S/C36H27ClN2/c1-26-15-18-33(25-35(26)37)39(32-19-16-29(17-20-32)36-14-8-9-21-38-36)34-23-30(27-10-4-2-5-11-27)22-31(24-34)28-12-6-3-7-13-28/h2-25H,1H3. The van der Waals surface area contributed by atoms with Crippen molar-refractivity contribution in [3.05, 3.63) is 156 Å². The fourth-order valence-corrected chi connectivity index (χ4v) is 4.99. The van der Waals surface area contributed by atoms with Gasteiger partial charge in [0.15, 0.2) is 0 Å². The molecule has 0 radical (unpaired) electrons. The van der Waals surface area contributed by atoms with Crippen molar-refractivity contribution in [1.82, 2.24) is 4.98 Å². The molecule has 1 heterocycles. The zero-order chi connectivity index (χ0) is 26.6. The van der Waals surface area contributed by atoms with Gasteiger partial charge in [-0.15, -0.1) is 0 Å². The van der Waals surface area contributed by atoms with E-state index in [1.54, 1.807) is 0 Å². The van der Waals surface area contributed by atoms with Crippen molar-refractivity contribution in [3.8, 4) is 33.5 Å². The summed E-state index contributed by atoms with van der Waals surface area (Å²) >= 11 is 6.66. The average molecular weight is 523 g/mol. The highest BCUT2D eigenvalue weighted by molar-refractivity contribution is 6.31. The normalized spacial score (nSPS) is 10.8. The van der Waals surface area contributed by atoms with Crippen LogP contribution in [0.4, 0.5) is 17.1 Å². The van der Waals surface area contributed by atoms with E-state index in [0.29, 0.717) is 0 Å². The summed E-state index contributed by atoms with van der Waals surface area (Å²) in [7, 11) is 0. The van der Waals surface area contributed by atoms with Crippen LogP contribution >= 0.6 is 11.6 Å². The smallest absolute Gasteiger partial charge is 0.0701 e. The Hall–Kier alpha value is -4.66. The number of nitrogens with zero attached hydrogens (tertiary/aromatic N) is 2. The van der Waals surface area contributed by atoms with E-state index < -0.39 is 0 Å². The summed E-state index contributed by atoms with van der Waals surface area (Å²) in [6, 6.07) is 48.6. The zero-order valence-electron chi connectivity index (χ0n) is 21.6. The third-order valence-electron chi connectivity index (χ3n) is 6.89. The number of anilines is 3. The first-order chi connectivity index (χ1) is 19.2. The van der Waals surface area contributed by atoms with Gasteiger partial charge in [-0.05, 0) is 89.3 Å². The lowest BCUT2D eigenvalue weighted by Crippen LogP contribution is -2.10. The average Bonchev–Trinajstić information content (AvgIpc) is 3.01. The van der Waals surface area contributed by atoms with E-state index in [2.05, 4.69) is 125 Å². The van der Waals surface area contributed by atoms with Gasteiger partial charge in [-0.1, -0.05) is 96.5 Å². The topological polar surface area (TPSA) is 16.1 Å². The van der Waals surface area contributed by atoms with E-state index in [1.807, 2.05) is 37.4 Å². The first kappa shape index (κ1) is 24.7. The molecule has 2 nitrogen and oxygen atoms in total. The van der Waals surface area contributed by atoms with Gasteiger partial charge in [0.05, 0.1) is 5.69 Å². The lowest BCUT2D eigenvalue weighted by molar-refractivity contribution is 1.27. The number of halogens is 1. The second kappa shape index (κ2) is 11.0. The molecule has 0 atom stereocenters. The Morgan fingerprint density at radius 3 is 1.64 bits per heavy atom. The van der Waals surface area contributed by atoms with Crippen LogP contribution < -0.4 is 4.90 Å². The first-order valence-corrected chi connectivity index (χ1v) is 13.4. The maximum absolute atomic E-state index is 6.66. The van der Waals surface area contributed by atoms with Crippen molar-refractivity contribution in [3.63, 3.8) is 0 Å². The van der Waals surface area contributed by atoms with Gasteiger partial charge in [0.1, 0.15) is 0 Å². The molecule has 0 spiro atoms. The molecule has 6 rings (SSSR count). The summed E-state index contributed by atoms with van der Waals surface area (Å²) in [5.74, 6) is 0. The molecular formula is C36H27ClN2. The molecule has 0 aliphatic heterocycles. The Kier molecular flexibility index (Phi) is 6.95. The van der Waals surface area contributed by atoms with Crippen molar-refractivity contribution < 1.29 is 0 Å². The number of hydrogen-bond donors (Lipinski definition) is 0. The SMILES string of the molecule is Cc1ccc(N(c2ccc(-c3ccccn3)cc2)c2cc(-c3ccccc3)cc(-c3ccccc3)c2)cc1Cl. The minimum atomic E-state index is 0.741. The molecule has 0 fully saturated rings. The Morgan fingerprint density at radius 2 is 1.08 bits per heavy atom. The molecule has 0 aliphatic rings. The van der Waals surface area contributed by atoms with Crippen LogP contribution in [0.1, 0.15) is 5.56 Å². The maximum atomic E-state index is 6.66. The van der Waals surface area contributed by atoms with E-state index >= 15 is 0 Å². The summed E-state index contributed by atoms with van der Waals surface area (Å²) in [5, 5.41) is 0.741. The second-order valence-electron chi connectivity index (χ2n) is 9.53. The zero-order valence-corrected chi connectivity index (χ0v) is 22.4. The fraction of sp³-hybridized carbons (Fsp3) is 0.0278. The Balaban J connectivity index is 1.54. The van der Waals surface area contributed by atoms with Crippen LogP contribution in [-0.2, 0) is 0 Å². The molecule has 0 N–H and O–H groups in total. The van der Waals surface area contributed by atoms with Gasteiger partial charge < -0.3 is 4.90 Å². The van der Waals surface area contributed by atoms with Gasteiger partial charge in [0, 0.05) is 33.8 Å². The maximum Gasteiger partial charge on any atom is 0.0701 e. The Morgan fingerprint density at radius 1 is 0.487 bits per heavy atom. The van der Waals surface area contributed by atoms with Gasteiger partial charge in [0.25, 0.3) is 0 Å². The number of pyridine rings is 1. The van der Waals surface area contributed by atoms with E-state index in [-0.39, 0.29) is 0 Å². The quantitative estimate of drug-likeness (QED) is 0.216. The molecule has 0 amide bonds. The number of benzene rings is 5. The molecule has 188 valence electrons. The number of aryl methyl sites for hydroxylation is 1. The van der Waals surface area contributed by atoms with E-state index in [0.717, 1.165) is 50.0 Å². The minimum Gasteiger partial charge on any atom is -0.310 e. The molecule has 5 aromatic carbocycles. The molecule has 6 aromatic rings. The van der Waals surface area contributed by atoms with Crippen molar-refractivity contribution >= 4 is 28.7 Å². The first-order valence-electron chi connectivity index (χ1n) is 13.0.